The van der Waals surface area contributed by atoms with E-state index >= 15 is 0 Å². The summed E-state index contributed by atoms with van der Waals surface area (Å²) in [6.45, 7) is 0. The number of hydrogen-bond acceptors (Lipinski definition) is 1. The second-order valence-corrected chi connectivity index (χ2v) is 20.4. The molecule has 0 radical (unpaired) electrons. The van der Waals surface area contributed by atoms with Crippen LogP contribution in [0.25, 0.3) is 126 Å². The zero-order valence-electron chi connectivity index (χ0n) is 42.5. The molecule has 0 bridgehead atoms. The van der Waals surface area contributed by atoms with Crippen molar-refractivity contribution in [1.29, 1.82) is 0 Å². The largest absolute Gasteiger partial charge is 0.309 e. The van der Waals surface area contributed by atoms with Crippen LogP contribution < -0.4 is 4.90 Å². The normalized spacial score (nSPS) is 11.8. The molecule has 0 unspecified atom stereocenters. The molecule has 3 aromatic heterocycles. The molecule has 3 heterocycles. The Labute approximate surface area is 450 Å². The second kappa shape index (κ2) is 17.6. The number of anilines is 3. The van der Waals surface area contributed by atoms with E-state index in [1.165, 1.54) is 98.4 Å². The lowest BCUT2D eigenvalue weighted by Gasteiger charge is -2.29. The van der Waals surface area contributed by atoms with Crippen molar-refractivity contribution in [2.45, 2.75) is 0 Å². The first kappa shape index (κ1) is 43.9. The molecule has 0 fully saturated rings. The van der Waals surface area contributed by atoms with Crippen LogP contribution in [0.4, 0.5) is 17.1 Å². The molecular weight excluding hydrogens is 945 g/mol. The lowest BCUT2D eigenvalue weighted by atomic mass is 9.94. The van der Waals surface area contributed by atoms with E-state index in [0.29, 0.717) is 0 Å². The van der Waals surface area contributed by atoms with Crippen molar-refractivity contribution in [3.05, 3.63) is 291 Å². The highest BCUT2D eigenvalue weighted by molar-refractivity contribution is 6.16. The summed E-state index contributed by atoms with van der Waals surface area (Å²) in [5.41, 5.74) is 18.5. The summed E-state index contributed by atoms with van der Waals surface area (Å²) in [4.78, 5) is 2.49. The topological polar surface area (TPSA) is 18.0 Å². The van der Waals surface area contributed by atoms with Crippen LogP contribution in [-0.4, -0.2) is 13.7 Å². The Kier molecular flexibility index (Phi) is 9.91. The van der Waals surface area contributed by atoms with Crippen molar-refractivity contribution in [1.82, 2.24) is 13.7 Å². The number of rotatable bonds is 8. The number of para-hydroxylation sites is 6. The average molecular weight is 993 g/mol. The molecule has 4 nitrogen and oxygen atoms in total. The van der Waals surface area contributed by atoms with E-state index in [9.17, 15) is 0 Å². The van der Waals surface area contributed by atoms with Gasteiger partial charge in [0, 0.05) is 65.8 Å². The number of aromatic nitrogens is 3. The third kappa shape index (κ3) is 6.73. The predicted molar refractivity (Wildman–Crippen MR) is 330 cm³/mol. The molecule has 0 N–H and O–H groups in total. The van der Waals surface area contributed by atoms with E-state index in [4.69, 9.17) is 0 Å². The third-order valence-corrected chi connectivity index (χ3v) is 16.2. The van der Waals surface area contributed by atoms with Gasteiger partial charge in [-0.15, -0.1) is 0 Å². The Morgan fingerprint density at radius 3 is 0.910 bits per heavy atom. The van der Waals surface area contributed by atoms with Crippen LogP contribution in [0.5, 0.6) is 0 Å². The Morgan fingerprint density at radius 1 is 0.205 bits per heavy atom. The lowest BCUT2D eigenvalue weighted by Crippen LogP contribution is -2.11. The summed E-state index contributed by atoms with van der Waals surface area (Å²) in [5.74, 6) is 0. The van der Waals surface area contributed by atoms with E-state index in [-0.39, 0.29) is 0 Å². The van der Waals surface area contributed by atoms with Gasteiger partial charge in [-0.25, -0.2) is 0 Å². The fourth-order valence-corrected chi connectivity index (χ4v) is 12.8. The summed E-state index contributed by atoms with van der Waals surface area (Å²) < 4.78 is 7.21. The summed E-state index contributed by atoms with van der Waals surface area (Å²) >= 11 is 0. The molecule has 0 aliphatic rings. The van der Waals surface area contributed by atoms with Gasteiger partial charge in [-0.2, -0.15) is 0 Å². The molecule has 0 amide bonds. The van der Waals surface area contributed by atoms with Crippen LogP contribution in [-0.2, 0) is 0 Å². The summed E-state index contributed by atoms with van der Waals surface area (Å²) in [5, 5.41) is 12.2. The Bertz CT molecular complexity index is 4730. The van der Waals surface area contributed by atoms with E-state index < -0.39 is 0 Å². The van der Waals surface area contributed by atoms with Gasteiger partial charge in [-0.3, -0.25) is 0 Å². The maximum atomic E-state index is 2.49. The van der Waals surface area contributed by atoms with Crippen molar-refractivity contribution < 1.29 is 0 Å². The Morgan fingerprint density at radius 2 is 0.513 bits per heavy atom. The van der Waals surface area contributed by atoms with Crippen molar-refractivity contribution in [3.63, 3.8) is 0 Å². The van der Waals surface area contributed by atoms with Gasteiger partial charge in [0.2, 0.25) is 0 Å². The van der Waals surface area contributed by atoms with Gasteiger partial charge in [0.05, 0.1) is 44.5 Å². The molecule has 0 saturated carbocycles. The monoisotopic (exact) mass is 992 g/mol. The molecule has 0 aliphatic heterocycles. The van der Waals surface area contributed by atoms with Gasteiger partial charge in [0.25, 0.3) is 0 Å². The first-order chi connectivity index (χ1) is 38.7. The first-order valence-electron chi connectivity index (χ1n) is 26.8. The molecule has 78 heavy (non-hydrogen) atoms. The number of hydrogen-bond donors (Lipinski definition) is 0. The van der Waals surface area contributed by atoms with Gasteiger partial charge < -0.3 is 18.6 Å². The molecule has 16 rings (SSSR count). The highest BCUT2D eigenvalue weighted by Gasteiger charge is 2.23. The molecule has 0 atom stereocenters. The molecule has 0 saturated heterocycles. The number of benzene rings is 13. The SMILES string of the molecule is c1ccc(-n2c3ccccc3c3ccc(-c4ccc(N(c5ccc(-n6c7ccccc7c7ccccc76)cc5)c5ccc(-c6ccc7c8ccccc8n(-c8ccccc8)c7c6)c6ccccc56)c5ccccc45)cc32)cc1. The van der Waals surface area contributed by atoms with Crippen LogP contribution in [0.1, 0.15) is 0 Å². The van der Waals surface area contributed by atoms with E-state index in [1.54, 1.807) is 0 Å². The van der Waals surface area contributed by atoms with Gasteiger partial charge in [-0.05, 0) is 130 Å². The smallest absolute Gasteiger partial charge is 0.0547 e. The number of nitrogens with zero attached hydrogens (tertiary/aromatic N) is 4. The minimum absolute atomic E-state index is 1.07. The van der Waals surface area contributed by atoms with E-state index in [1.807, 2.05) is 0 Å². The van der Waals surface area contributed by atoms with Crippen molar-refractivity contribution >= 4 is 104 Å². The molecule has 13 aromatic carbocycles. The van der Waals surface area contributed by atoms with Crippen LogP contribution in [0.15, 0.2) is 291 Å². The fraction of sp³-hybridized carbons (Fsp3) is 0. The highest BCUT2D eigenvalue weighted by Crippen LogP contribution is 2.47. The third-order valence-electron chi connectivity index (χ3n) is 16.2. The summed E-state index contributed by atoms with van der Waals surface area (Å²) in [6, 6.07) is 107. The Balaban J connectivity index is 0.899. The summed E-state index contributed by atoms with van der Waals surface area (Å²) in [7, 11) is 0. The molecule has 4 heteroatoms. The predicted octanol–water partition coefficient (Wildman–Crippen LogP) is 20.1. The van der Waals surface area contributed by atoms with Crippen LogP contribution in [0, 0.1) is 0 Å². The average Bonchev–Trinajstić information content (AvgIpc) is 4.29. The van der Waals surface area contributed by atoms with Gasteiger partial charge >= 0.3 is 0 Å². The second-order valence-electron chi connectivity index (χ2n) is 20.4. The Hall–Kier alpha value is -10.4. The van der Waals surface area contributed by atoms with E-state index in [2.05, 4.69) is 310 Å². The maximum Gasteiger partial charge on any atom is 0.0547 e. The highest BCUT2D eigenvalue weighted by atomic mass is 15.1. The molecule has 364 valence electrons. The quantitative estimate of drug-likeness (QED) is 0.148. The van der Waals surface area contributed by atoms with Crippen molar-refractivity contribution in [3.8, 4) is 39.3 Å². The van der Waals surface area contributed by atoms with Gasteiger partial charge in [-0.1, -0.05) is 194 Å². The van der Waals surface area contributed by atoms with Crippen molar-refractivity contribution in [2.24, 2.45) is 0 Å². The first-order valence-corrected chi connectivity index (χ1v) is 26.8. The van der Waals surface area contributed by atoms with Gasteiger partial charge in [0.1, 0.15) is 0 Å². The zero-order valence-corrected chi connectivity index (χ0v) is 42.5. The van der Waals surface area contributed by atoms with Crippen molar-refractivity contribution in [2.75, 3.05) is 4.90 Å². The standard InChI is InChI=1S/C74H48N4/c1-3-19-51(20-4-1)77-69-33-17-13-29-63(69)65-41-35-49(47-73(65)77)55-43-45-71(59-25-9-7-23-57(55)59)76(54-39-37-53(38-40-54)75-67-31-15-11-27-61(67)62-28-12-16-32-68(62)75)72-46-44-56(58-24-8-10-26-60(58)72)50-36-42-66-64-30-14-18-34-70(64)78(74(66)48-50)52-21-5-2-6-22-52/h1-48H. The minimum Gasteiger partial charge on any atom is -0.309 e. The molecule has 16 aromatic rings. The fourth-order valence-electron chi connectivity index (χ4n) is 12.8. The maximum absolute atomic E-state index is 2.49. The lowest BCUT2D eigenvalue weighted by molar-refractivity contribution is 1.17. The molecule has 0 aliphatic carbocycles. The summed E-state index contributed by atoms with van der Waals surface area (Å²) in [6.07, 6.45) is 0. The van der Waals surface area contributed by atoms with E-state index in [0.717, 1.165) is 44.9 Å². The number of fused-ring (bicyclic) bond motifs is 11. The van der Waals surface area contributed by atoms with Gasteiger partial charge in [0.15, 0.2) is 0 Å². The zero-order chi connectivity index (χ0) is 51.3. The minimum atomic E-state index is 1.07. The van der Waals surface area contributed by atoms with Crippen LogP contribution in [0.2, 0.25) is 0 Å². The van der Waals surface area contributed by atoms with Crippen LogP contribution >= 0.6 is 0 Å². The van der Waals surface area contributed by atoms with Crippen LogP contribution in [0.3, 0.4) is 0 Å². The molecular formula is C74H48N4. The molecule has 0 spiro atoms.